The molecule has 0 bridgehead atoms. The van der Waals surface area contributed by atoms with Crippen LogP contribution in [0.15, 0.2) is 18.2 Å². The molecule has 0 fully saturated rings. The number of ether oxygens (including phenoxy) is 2. The van der Waals surface area contributed by atoms with E-state index in [9.17, 15) is 0 Å². The zero-order chi connectivity index (χ0) is 15.0. The van der Waals surface area contributed by atoms with Crippen molar-refractivity contribution >= 4 is 5.95 Å². The summed E-state index contributed by atoms with van der Waals surface area (Å²) >= 11 is 0. The molecule has 0 saturated carbocycles. The molecule has 112 valence electrons. The van der Waals surface area contributed by atoms with Gasteiger partial charge in [-0.1, -0.05) is 6.07 Å². The molecule has 3 rings (SSSR count). The first-order valence-electron chi connectivity index (χ1n) is 7.07. The molecule has 0 saturated heterocycles. The summed E-state index contributed by atoms with van der Waals surface area (Å²) in [5, 5.41) is 4.31. The van der Waals surface area contributed by atoms with E-state index in [1.807, 2.05) is 16.8 Å². The molecule has 0 spiro atoms. The van der Waals surface area contributed by atoms with Gasteiger partial charge in [0.2, 0.25) is 5.95 Å². The normalized spacial score (nSPS) is 20.9. The molecule has 0 aliphatic carbocycles. The second-order valence-corrected chi connectivity index (χ2v) is 5.33. The fourth-order valence-corrected chi connectivity index (χ4v) is 3.10. The lowest BCUT2D eigenvalue weighted by Crippen LogP contribution is -2.24. The molecule has 1 aliphatic rings. The lowest BCUT2D eigenvalue weighted by Gasteiger charge is -2.30. The monoisotopic (exact) mass is 288 g/mol. The molecule has 1 aliphatic heterocycles. The predicted molar refractivity (Wildman–Crippen MR) is 79.8 cm³/mol. The first kappa shape index (κ1) is 13.7. The molecular formula is C15H20N4O2. The van der Waals surface area contributed by atoms with E-state index in [0.29, 0.717) is 11.9 Å². The summed E-state index contributed by atoms with van der Waals surface area (Å²) in [5.41, 5.74) is 6.93. The van der Waals surface area contributed by atoms with Gasteiger partial charge in [-0.3, -0.25) is 0 Å². The van der Waals surface area contributed by atoms with Crippen molar-refractivity contribution in [1.29, 1.82) is 0 Å². The highest BCUT2D eigenvalue weighted by Gasteiger charge is 2.30. The zero-order valence-electron chi connectivity index (χ0n) is 12.5. The summed E-state index contributed by atoms with van der Waals surface area (Å²) in [6.45, 7) is 2.15. The van der Waals surface area contributed by atoms with E-state index < -0.39 is 0 Å². The van der Waals surface area contributed by atoms with Crippen LogP contribution in [0, 0.1) is 0 Å². The minimum absolute atomic E-state index is 0.219. The van der Waals surface area contributed by atoms with Crippen LogP contribution in [0.3, 0.4) is 0 Å². The van der Waals surface area contributed by atoms with Crippen molar-refractivity contribution < 1.29 is 9.47 Å². The van der Waals surface area contributed by atoms with E-state index in [2.05, 4.69) is 23.1 Å². The van der Waals surface area contributed by atoms with Gasteiger partial charge in [-0.15, -0.1) is 5.10 Å². The van der Waals surface area contributed by atoms with E-state index in [4.69, 9.17) is 15.2 Å². The van der Waals surface area contributed by atoms with Crippen LogP contribution in [0.5, 0.6) is 11.5 Å². The second-order valence-electron chi connectivity index (χ2n) is 5.33. The van der Waals surface area contributed by atoms with Crippen LogP contribution in [0.2, 0.25) is 0 Å². The highest BCUT2D eigenvalue weighted by molar-refractivity contribution is 5.44. The Morgan fingerprint density at radius 2 is 2.00 bits per heavy atom. The fourth-order valence-electron chi connectivity index (χ4n) is 3.10. The van der Waals surface area contributed by atoms with Gasteiger partial charge in [-0.2, -0.15) is 4.98 Å². The number of hydrogen-bond donors (Lipinski definition) is 1. The van der Waals surface area contributed by atoms with Crippen molar-refractivity contribution in [2.45, 2.75) is 31.7 Å². The number of fused-ring (bicyclic) bond motifs is 1. The fraction of sp³-hybridized carbons (Fsp3) is 0.467. The van der Waals surface area contributed by atoms with Gasteiger partial charge in [-0.25, -0.2) is 4.68 Å². The largest absolute Gasteiger partial charge is 0.493 e. The smallest absolute Gasteiger partial charge is 0.239 e. The summed E-state index contributed by atoms with van der Waals surface area (Å²) in [4.78, 5) is 4.28. The SMILES string of the molecule is COc1ccc(C2CCc3nc(N)nn3C2C)cc1OC. The minimum atomic E-state index is 0.219. The topological polar surface area (TPSA) is 75.2 Å². The Bertz CT molecular complexity index is 653. The Hall–Kier alpha value is -2.24. The Morgan fingerprint density at radius 3 is 2.71 bits per heavy atom. The molecule has 1 aromatic heterocycles. The zero-order valence-corrected chi connectivity index (χ0v) is 12.5. The molecule has 6 heteroatoms. The number of nitrogens with two attached hydrogens (primary N) is 1. The van der Waals surface area contributed by atoms with E-state index in [1.165, 1.54) is 5.56 Å². The third-order valence-corrected chi connectivity index (χ3v) is 4.20. The molecule has 21 heavy (non-hydrogen) atoms. The average molecular weight is 288 g/mol. The van der Waals surface area contributed by atoms with Gasteiger partial charge in [0.15, 0.2) is 11.5 Å². The Kier molecular flexibility index (Phi) is 3.45. The Labute approximate surface area is 123 Å². The lowest BCUT2D eigenvalue weighted by atomic mass is 9.85. The number of aromatic nitrogens is 3. The molecule has 2 N–H and O–H groups in total. The van der Waals surface area contributed by atoms with E-state index in [0.717, 1.165) is 30.2 Å². The minimum Gasteiger partial charge on any atom is -0.493 e. The average Bonchev–Trinajstić information content (AvgIpc) is 2.88. The maximum Gasteiger partial charge on any atom is 0.239 e. The summed E-state index contributed by atoms with van der Waals surface area (Å²) in [6.07, 6.45) is 1.91. The molecule has 0 amide bonds. The van der Waals surface area contributed by atoms with Gasteiger partial charge in [0.1, 0.15) is 5.82 Å². The number of benzene rings is 1. The Morgan fingerprint density at radius 1 is 1.24 bits per heavy atom. The number of methoxy groups -OCH3 is 2. The van der Waals surface area contributed by atoms with Gasteiger partial charge in [-0.05, 0) is 31.0 Å². The lowest BCUT2D eigenvalue weighted by molar-refractivity contribution is 0.333. The van der Waals surface area contributed by atoms with Crippen LogP contribution in [0.25, 0.3) is 0 Å². The highest BCUT2D eigenvalue weighted by Crippen LogP contribution is 2.40. The second kappa shape index (κ2) is 5.27. The quantitative estimate of drug-likeness (QED) is 0.936. The van der Waals surface area contributed by atoms with Gasteiger partial charge < -0.3 is 15.2 Å². The number of nitrogen functional groups attached to an aromatic ring is 1. The highest BCUT2D eigenvalue weighted by atomic mass is 16.5. The van der Waals surface area contributed by atoms with Crippen LogP contribution in [0.1, 0.15) is 36.7 Å². The van der Waals surface area contributed by atoms with Crippen molar-refractivity contribution in [3.8, 4) is 11.5 Å². The standard InChI is InChI=1S/C15H20N4O2/c1-9-11(5-7-14-17-15(16)18-19(9)14)10-4-6-12(20-2)13(8-10)21-3/h4,6,8-9,11H,5,7H2,1-3H3,(H2,16,18). The van der Waals surface area contributed by atoms with Gasteiger partial charge >= 0.3 is 0 Å². The molecule has 2 unspecified atom stereocenters. The van der Waals surface area contributed by atoms with Gasteiger partial charge in [0.05, 0.1) is 20.3 Å². The van der Waals surface area contributed by atoms with Crippen molar-refractivity contribution in [3.63, 3.8) is 0 Å². The van der Waals surface area contributed by atoms with E-state index in [1.54, 1.807) is 14.2 Å². The summed E-state index contributed by atoms with van der Waals surface area (Å²) < 4.78 is 12.6. The van der Waals surface area contributed by atoms with Crippen LogP contribution in [-0.4, -0.2) is 29.0 Å². The van der Waals surface area contributed by atoms with Crippen molar-refractivity contribution in [2.24, 2.45) is 0 Å². The molecule has 6 nitrogen and oxygen atoms in total. The van der Waals surface area contributed by atoms with Gasteiger partial charge in [0.25, 0.3) is 0 Å². The predicted octanol–water partition coefficient (Wildman–Crippen LogP) is 2.17. The number of hydrogen-bond acceptors (Lipinski definition) is 5. The maximum atomic E-state index is 5.71. The molecule has 2 atom stereocenters. The molecule has 2 heterocycles. The van der Waals surface area contributed by atoms with Crippen molar-refractivity contribution in [3.05, 3.63) is 29.6 Å². The molecule has 0 radical (unpaired) electrons. The molecule has 2 aromatic rings. The van der Waals surface area contributed by atoms with Crippen LogP contribution >= 0.6 is 0 Å². The van der Waals surface area contributed by atoms with Crippen molar-refractivity contribution in [1.82, 2.24) is 14.8 Å². The van der Waals surface area contributed by atoms with Crippen molar-refractivity contribution in [2.75, 3.05) is 20.0 Å². The molecular weight excluding hydrogens is 268 g/mol. The first-order valence-corrected chi connectivity index (χ1v) is 7.07. The summed E-state index contributed by atoms with van der Waals surface area (Å²) in [6, 6.07) is 6.31. The summed E-state index contributed by atoms with van der Waals surface area (Å²) in [5.74, 6) is 3.18. The third kappa shape index (κ3) is 2.30. The first-order chi connectivity index (χ1) is 10.1. The Balaban J connectivity index is 1.94. The van der Waals surface area contributed by atoms with Gasteiger partial charge in [0, 0.05) is 12.3 Å². The van der Waals surface area contributed by atoms with E-state index in [-0.39, 0.29) is 6.04 Å². The van der Waals surface area contributed by atoms with Crippen LogP contribution in [-0.2, 0) is 6.42 Å². The van der Waals surface area contributed by atoms with E-state index >= 15 is 0 Å². The maximum absolute atomic E-state index is 5.71. The van der Waals surface area contributed by atoms with Crippen LogP contribution in [0.4, 0.5) is 5.95 Å². The number of nitrogens with zero attached hydrogens (tertiary/aromatic N) is 3. The number of aryl methyl sites for hydroxylation is 1. The van der Waals surface area contributed by atoms with Crippen LogP contribution < -0.4 is 15.2 Å². The number of rotatable bonds is 3. The summed E-state index contributed by atoms with van der Waals surface area (Å²) in [7, 11) is 3.30. The third-order valence-electron chi connectivity index (χ3n) is 4.20. The molecule has 1 aromatic carbocycles. The number of anilines is 1.